The van der Waals surface area contributed by atoms with Crippen LogP contribution in [0.1, 0.15) is 194 Å². The molecule has 0 bridgehead atoms. The van der Waals surface area contributed by atoms with Crippen molar-refractivity contribution in [2.24, 2.45) is 0 Å². The van der Waals surface area contributed by atoms with Gasteiger partial charge in [-0.15, -0.1) is 0 Å². The molecule has 0 aromatic rings. The van der Waals surface area contributed by atoms with Crippen molar-refractivity contribution in [3.8, 4) is 0 Å². The fraction of sp³-hybridized carbons (Fsp3) is 1.00. The molecule has 38 heavy (non-hydrogen) atoms. The number of hydrogen-bond donors (Lipinski definition) is 0. The van der Waals surface area contributed by atoms with Gasteiger partial charge < -0.3 is 9.47 Å². The van der Waals surface area contributed by atoms with Crippen LogP contribution in [0.15, 0.2) is 0 Å². The van der Waals surface area contributed by atoms with Crippen molar-refractivity contribution in [3.63, 3.8) is 0 Å². The van der Waals surface area contributed by atoms with Gasteiger partial charge in [-0.25, -0.2) is 0 Å². The van der Waals surface area contributed by atoms with Crippen molar-refractivity contribution in [3.05, 3.63) is 0 Å². The molecule has 0 aliphatic heterocycles. The first kappa shape index (κ1) is 38.6. The topological polar surface area (TPSA) is 18.5 Å². The molecule has 0 spiro atoms. The van der Waals surface area contributed by atoms with Gasteiger partial charge in [0.05, 0.1) is 17.1 Å². The minimum Gasteiger partial charge on any atom is -0.380 e. The first-order valence-corrected chi connectivity index (χ1v) is 18.8. The van der Waals surface area contributed by atoms with Gasteiger partial charge in [-0.1, -0.05) is 203 Å². The molecule has 0 amide bonds. The predicted octanol–water partition coefficient (Wildman–Crippen LogP) is 12.8. The Balaban J connectivity index is 3.13. The maximum atomic E-state index is 5.89. The van der Waals surface area contributed by atoms with Gasteiger partial charge in [0.1, 0.15) is 0 Å². The van der Waals surface area contributed by atoms with Gasteiger partial charge in [-0.2, -0.15) is 0 Å². The summed E-state index contributed by atoms with van der Waals surface area (Å²) in [7, 11) is 0. The van der Waals surface area contributed by atoms with Crippen LogP contribution in [0.5, 0.6) is 0 Å². The zero-order chi connectivity index (χ0) is 27.6. The highest BCUT2D eigenvalue weighted by Crippen LogP contribution is 2.14. The first-order valence-electron chi connectivity index (χ1n) is 17.6. The minimum atomic E-state index is 0.492. The Labute approximate surface area is 255 Å². The molecule has 0 aliphatic rings. The Hall–Kier alpha value is 0.650. The Kier molecular flexibility index (Phi) is 36.3. The highest BCUT2D eigenvalue weighted by atomic mass is 127. The molecule has 0 atom stereocenters. The van der Waals surface area contributed by atoms with Crippen molar-refractivity contribution >= 4 is 22.6 Å². The highest BCUT2D eigenvalue weighted by molar-refractivity contribution is 14.1. The molecule has 0 rings (SSSR count). The second-order valence-corrected chi connectivity index (χ2v) is 13.7. The lowest BCUT2D eigenvalue weighted by molar-refractivity contribution is 0.0879. The lowest BCUT2D eigenvalue weighted by atomic mass is 10.0. The van der Waals surface area contributed by atoms with E-state index in [-0.39, 0.29) is 0 Å². The molecule has 0 unspecified atom stereocenters. The van der Waals surface area contributed by atoms with Crippen molar-refractivity contribution in [1.82, 2.24) is 0 Å². The monoisotopic (exact) mass is 650 g/mol. The van der Waals surface area contributed by atoms with Crippen LogP contribution >= 0.6 is 22.6 Å². The molecule has 230 valence electrons. The summed E-state index contributed by atoms with van der Waals surface area (Å²) in [5, 5.41) is 0. The summed E-state index contributed by atoms with van der Waals surface area (Å²) in [5.41, 5.74) is 0. The molecule has 0 heterocycles. The summed E-state index contributed by atoms with van der Waals surface area (Å²) in [6, 6.07) is 0. The smallest absolute Gasteiger partial charge is 0.0606 e. The zero-order valence-electron chi connectivity index (χ0n) is 26.4. The van der Waals surface area contributed by atoms with E-state index >= 15 is 0 Å². The number of unbranched alkanes of at least 4 members (excludes halogenated alkanes) is 26. The molecule has 0 saturated carbocycles. The summed E-state index contributed by atoms with van der Waals surface area (Å²) >= 11 is 2.49. The van der Waals surface area contributed by atoms with E-state index in [1.807, 2.05) is 0 Å². The molecule has 3 heteroatoms. The third kappa shape index (κ3) is 34.7. The average molecular weight is 651 g/mol. The Morgan fingerprint density at radius 2 is 0.553 bits per heavy atom. The largest absolute Gasteiger partial charge is 0.380 e. The van der Waals surface area contributed by atoms with Crippen molar-refractivity contribution in [2.75, 3.05) is 26.4 Å². The van der Waals surface area contributed by atoms with Crippen LogP contribution in [-0.2, 0) is 9.47 Å². The molecule has 0 N–H and O–H groups in total. The van der Waals surface area contributed by atoms with E-state index in [4.69, 9.17) is 9.47 Å². The second-order valence-electron chi connectivity index (χ2n) is 11.9. The normalized spacial score (nSPS) is 11.7. The van der Waals surface area contributed by atoms with Gasteiger partial charge in [0.25, 0.3) is 0 Å². The third-order valence-corrected chi connectivity index (χ3v) is 8.60. The van der Waals surface area contributed by atoms with E-state index in [0.29, 0.717) is 3.92 Å². The molecule has 0 radical (unpaired) electrons. The third-order valence-electron chi connectivity index (χ3n) is 7.88. The van der Waals surface area contributed by atoms with Gasteiger partial charge in [-0.3, -0.25) is 0 Å². The van der Waals surface area contributed by atoms with Crippen LogP contribution in [0.25, 0.3) is 0 Å². The Morgan fingerprint density at radius 1 is 0.342 bits per heavy atom. The van der Waals surface area contributed by atoms with Gasteiger partial charge in [0, 0.05) is 13.2 Å². The fourth-order valence-corrected chi connectivity index (χ4v) is 5.78. The highest BCUT2D eigenvalue weighted by Gasteiger charge is 2.04. The number of halogens is 1. The first-order chi connectivity index (χ1) is 18.8. The zero-order valence-corrected chi connectivity index (χ0v) is 28.6. The number of alkyl halides is 1. The molecule has 0 aliphatic carbocycles. The maximum absolute atomic E-state index is 5.89. The van der Waals surface area contributed by atoms with Crippen molar-refractivity contribution in [2.45, 2.75) is 198 Å². The lowest BCUT2D eigenvalue weighted by Crippen LogP contribution is -2.16. The average Bonchev–Trinajstić information content (AvgIpc) is 2.92. The van der Waals surface area contributed by atoms with Gasteiger partial charge in [0.2, 0.25) is 0 Å². The molecule has 2 nitrogen and oxygen atoms in total. The SMILES string of the molecule is CCCCCCCCCCCCCCCCOCC(I)COCCCCCCCCCCCCCCCC. The maximum Gasteiger partial charge on any atom is 0.0606 e. The van der Waals surface area contributed by atoms with E-state index < -0.39 is 0 Å². The van der Waals surface area contributed by atoms with Crippen LogP contribution in [0.2, 0.25) is 0 Å². The number of ether oxygens (including phenoxy) is 2. The van der Waals surface area contributed by atoms with Crippen LogP contribution in [0, 0.1) is 0 Å². The number of hydrogen-bond acceptors (Lipinski definition) is 2. The molecule has 0 saturated heterocycles. The van der Waals surface area contributed by atoms with Gasteiger partial charge >= 0.3 is 0 Å². The van der Waals surface area contributed by atoms with E-state index in [1.165, 1.54) is 180 Å². The Bertz CT molecular complexity index is 367. The standard InChI is InChI=1S/C35H71IO2/c1-3-5-7-9-11-13-15-17-19-21-23-25-27-29-31-37-33-35(36)34-38-32-30-28-26-24-22-20-18-16-14-12-10-8-6-4-2/h35H,3-34H2,1-2H3. The van der Waals surface area contributed by atoms with E-state index in [2.05, 4.69) is 36.4 Å². The molecular weight excluding hydrogens is 579 g/mol. The van der Waals surface area contributed by atoms with Crippen molar-refractivity contribution < 1.29 is 9.47 Å². The predicted molar refractivity (Wildman–Crippen MR) is 180 cm³/mol. The number of rotatable bonds is 34. The molecular formula is C35H71IO2. The van der Waals surface area contributed by atoms with Crippen LogP contribution in [0.4, 0.5) is 0 Å². The molecule has 0 aromatic heterocycles. The van der Waals surface area contributed by atoms with Crippen LogP contribution < -0.4 is 0 Å². The Morgan fingerprint density at radius 3 is 0.789 bits per heavy atom. The van der Waals surface area contributed by atoms with Crippen LogP contribution in [-0.4, -0.2) is 30.4 Å². The second kappa shape index (κ2) is 35.7. The molecule has 0 aromatic carbocycles. The summed E-state index contributed by atoms with van der Waals surface area (Å²) in [6.45, 7) is 8.14. The minimum absolute atomic E-state index is 0.492. The van der Waals surface area contributed by atoms with Crippen LogP contribution in [0.3, 0.4) is 0 Å². The van der Waals surface area contributed by atoms with Crippen molar-refractivity contribution in [1.29, 1.82) is 0 Å². The fourth-order valence-electron chi connectivity index (χ4n) is 5.27. The van der Waals surface area contributed by atoms with Gasteiger partial charge in [-0.05, 0) is 12.8 Å². The quantitative estimate of drug-likeness (QED) is 0.0392. The summed E-state index contributed by atoms with van der Waals surface area (Å²) in [5.74, 6) is 0. The van der Waals surface area contributed by atoms with E-state index in [9.17, 15) is 0 Å². The van der Waals surface area contributed by atoms with Gasteiger partial charge in [0.15, 0.2) is 0 Å². The lowest BCUT2D eigenvalue weighted by Gasteiger charge is -2.11. The summed E-state index contributed by atoms with van der Waals surface area (Å²) in [6.07, 6.45) is 39.5. The van der Waals surface area contributed by atoms with E-state index in [0.717, 1.165) is 26.4 Å². The van der Waals surface area contributed by atoms with E-state index in [1.54, 1.807) is 0 Å². The summed E-state index contributed by atoms with van der Waals surface area (Å²) in [4.78, 5) is 0. The summed E-state index contributed by atoms with van der Waals surface area (Å²) < 4.78 is 12.3. The molecule has 0 fully saturated rings.